The molecule has 3 aromatic carbocycles. The average molecular weight is 505 g/mol. The molecule has 6 nitrogen and oxygen atoms in total. The fourth-order valence-corrected chi connectivity index (χ4v) is 5.26. The first-order chi connectivity index (χ1) is 17.9. The van der Waals surface area contributed by atoms with E-state index >= 15 is 0 Å². The van der Waals surface area contributed by atoms with Crippen LogP contribution >= 0.6 is 0 Å². The predicted molar refractivity (Wildman–Crippen MR) is 139 cm³/mol. The number of piperidine rings is 1. The number of ether oxygens (including phenoxy) is 2. The molecule has 0 spiro atoms. The Hall–Kier alpha value is -3.42. The van der Waals surface area contributed by atoms with E-state index < -0.39 is 12.1 Å². The monoisotopic (exact) mass is 504 g/mol. The third-order valence-corrected chi connectivity index (χ3v) is 7.23. The zero-order valence-corrected chi connectivity index (χ0v) is 21.0. The van der Waals surface area contributed by atoms with Crippen LogP contribution in [-0.4, -0.2) is 54.4 Å². The molecule has 4 atom stereocenters. The molecule has 1 aliphatic carbocycles. The van der Waals surface area contributed by atoms with E-state index in [1.165, 1.54) is 12.1 Å². The molecular formula is C30H33FN2O4. The number of carboxylic acids is 1. The van der Waals surface area contributed by atoms with Crippen molar-refractivity contribution in [1.29, 1.82) is 0 Å². The predicted octanol–water partition coefficient (Wildman–Crippen LogP) is 4.31. The maximum Gasteiger partial charge on any atom is 0.345 e. The third kappa shape index (κ3) is 6.67. The second-order valence-electron chi connectivity index (χ2n) is 10.1. The summed E-state index contributed by atoms with van der Waals surface area (Å²) >= 11 is 0. The molecule has 0 radical (unpaired) electrons. The van der Waals surface area contributed by atoms with E-state index in [4.69, 9.17) is 9.47 Å². The topological polar surface area (TPSA) is 71.0 Å². The molecule has 194 valence electrons. The smallest absolute Gasteiger partial charge is 0.345 e. The van der Waals surface area contributed by atoms with Gasteiger partial charge in [0.05, 0.1) is 0 Å². The Bertz CT molecular complexity index is 1190. The van der Waals surface area contributed by atoms with Crippen LogP contribution in [0.2, 0.25) is 0 Å². The number of aliphatic carboxylic acids is 1. The lowest BCUT2D eigenvalue weighted by atomic mass is 10.1. The molecule has 1 aliphatic heterocycles. The maximum atomic E-state index is 13.1. The van der Waals surface area contributed by atoms with Crippen molar-refractivity contribution in [2.45, 2.75) is 32.0 Å². The van der Waals surface area contributed by atoms with E-state index in [-0.39, 0.29) is 12.2 Å². The van der Waals surface area contributed by atoms with Gasteiger partial charge in [-0.25, -0.2) is 9.18 Å². The zero-order valence-electron chi connectivity index (χ0n) is 21.0. The molecule has 7 heteroatoms. The van der Waals surface area contributed by atoms with Gasteiger partial charge in [-0.3, -0.25) is 4.90 Å². The first-order valence-electron chi connectivity index (χ1n) is 12.8. The number of hydrogen-bond acceptors (Lipinski definition) is 5. The largest absolute Gasteiger partial charge is 0.492 e. The molecule has 37 heavy (non-hydrogen) atoms. The molecule has 5 rings (SSSR count). The number of halogens is 1. The van der Waals surface area contributed by atoms with Crippen LogP contribution in [0.15, 0.2) is 72.8 Å². The van der Waals surface area contributed by atoms with Gasteiger partial charge in [-0.15, -0.1) is 0 Å². The lowest BCUT2D eigenvalue weighted by Gasteiger charge is -2.20. The van der Waals surface area contributed by atoms with Crippen LogP contribution < -0.4 is 14.8 Å². The molecule has 3 aromatic rings. The molecule has 2 N–H and O–H groups in total. The highest BCUT2D eigenvalue weighted by atomic mass is 19.1. The highest BCUT2D eigenvalue weighted by Gasteiger charge is 2.55. The van der Waals surface area contributed by atoms with Gasteiger partial charge in [-0.2, -0.15) is 0 Å². The fourth-order valence-electron chi connectivity index (χ4n) is 5.26. The summed E-state index contributed by atoms with van der Waals surface area (Å²) in [5.41, 5.74) is 3.05. The molecule has 2 aliphatic rings. The highest BCUT2D eigenvalue weighted by molar-refractivity contribution is 5.73. The summed E-state index contributed by atoms with van der Waals surface area (Å²) in [7, 11) is 0. The number of carbonyl (C=O) groups is 1. The summed E-state index contributed by atoms with van der Waals surface area (Å²) in [5, 5.41) is 13.2. The van der Waals surface area contributed by atoms with Crippen LogP contribution in [0.1, 0.15) is 16.7 Å². The van der Waals surface area contributed by atoms with Gasteiger partial charge in [-0.1, -0.05) is 36.4 Å². The van der Waals surface area contributed by atoms with Gasteiger partial charge < -0.3 is 19.9 Å². The highest BCUT2D eigenvalue weighted by Crippen LogP contribution is 2.45. The number of likely N-dealkylation sites (tertiary alicyclic amines) is 1. The standard InChI is InChI=1S/C30H33FN2O4/c1-20-3-2-4-25(15-20)37-28(30(34)35)16-21-7-11-24(12-8-21)36-14-13-32-29-26-18-33(19-27(26)29)17-22-5-9-23(31)10-6-22/h2-12,15,26-29,32H,13-14,16-19H2,1H3,(H,34,35)/t26-,27+,28-,29+/m0/s1. The minimum atomic E-state index is -0.990. The van der Waals surface area contributed by atoms with Gasteiger partial charge in [0.2, 0.25) is 0 Å². The normalized spacial score (nSPS) is 21.3. The van der Waals surface area contributed by atoms with Crippen molar-refractivity contribution in [3.05, 3.63) is 95.3 Å². The van der Waals surface area contributed by atoms with Gasteiger partial charge in [0.1, 0.15) is 23.9 Å². The van der Waals surface area contributed by atoms with E-state index in [0.29, 0.717) is 30.2 Å². The number of benzene rings is 3. The molecule has 0 bridgehead atoms. The molecular weight excluding hydrogens is 471 g/mol. The first-order valence-corrected chi connectivity index (χ1v) is 12.8. The van der Waals surface area contributed by atoms with E-state index in [1.54, 1.807) is 6.07 Å². The Labute approximate surface area is 217 Å². The molecule has 0 aromatic heterocycles. The number of nitrogens with one attached hydrogen (secondary N) is 1. The fraction of sp³-hybridized carbons (Fsp3) is 0.367. The number of rotatable bonds is 12. The van der Waals surface area contributed by atoms with E-state index in [9.17, 15) is 14.3 Å². The van der Waals surface area contributed by atoms with Crippen LogP contribution in [0.25, 0.3) is 0 Å². The van der Waals surface area contributed by atoms with Crippen LogP contribution in [0.3, 0.4) is 0 Å². The van der Waals surface area contributed by atoms with Crippen LogP contribution in [-0.2, 0) is 17.8 Å². The minimum absolute atomic E-state index is 0.189. The van der Waals surface area contributed by atoms with Gasteiger partial charge in [0, 0.05) is 38.6 Å². The minimum Gasteiger partial charge on any atom is -0.492 e. The molecule has 2 fully saturated rings. The summed E-state index contributed by atoms with van der Waals surface area (Å²) in [4.78, 5) is 14.2. The molecule has 1 saturated heterocycles. The number of aryl methyl sites for hydroxylation is 1. The summed E-state index contributed by atoms with van der Waals surface area (Å²) in [6.45, 7) is 6.33. The van der Waals surface area contributed by atoms with Crippen molar-refractivity contribution in [3.63, 3.8) is 0 Å². The third-order valence-electron chi connectivity index (χ3n) is 7.23. The van der Waals surface area contributed by atoms with Gasteiger partial charge in [-0.05, 0) is 71.8 Å². The van der Waals surface area contributed by atoms with E-state index in [1.807, 2.05) is 61.5 Å². The Kier molecular flexibility index (Phi) is 7.72. The Morgan fingerprint density at radius 1 is 1.03 bits per heavy atom. The average Bonchev–Trinajstić information content (AvgIpc) is 3.33. The summed E-state index contributed by atoms with van der Waals surface area (Å²) in [6, 6.07) is 22.3. The molecule has 0 amide bonds. The van der Waals surface area contributed by atoms with Crippen molar-refractivity contribution in [2.24, 2.45) is 11.8 Å². The van der Waals surface area contributed by atoms with Gasteiger partial charge >= 0.3 is 5.97 Å². The number of carboxylic acid groups (broad SMARTS) is 1. The summed E-state index contributed by atoms with van der Waals surface area (Å²) < 4.78 is 24.7. The molecule has 1 heterocycles. The van der Waals surface area contributed by atoms with Gasteiger partial charge in [0.15, 0.2) is 6.10 Å². The lowest BCUT2D eigenvalue weighted by molar-refractivity contribution is -0.145. The quantitative estimate of drug-likeness (QED) is 0.358. The van der Waals surface area contributed by atoms with Crippen LogP contribution in [0.5, 0.6) is 11.5 Å². The van der Waals surface area contributed by atoms with Crippen molar-refractivity contribution in [3.8, 4) is 11.5 Å². The second kappa shape index (κ2) is 11.3. The zero-order chi connectivity index (χ0) is 25.8. The Morgan fingerprint density at radius 2 is 1.73 bits per heavy atom. The number of fused-ring (bicyclic) bond motifs is 1. The Morgan fingerprint density at radius 3 is 2.41 bits per heavy atom. The van der Waals surface area contributed by atoms with Gasteiger partial charge in [0.25, 0.3) is 0 Å². The number of hydrogen-bond donors (Lipinski definition) is 2. The second-order valence-corrected chi connectivity index (χ2v) is 10.1. The van der Waals surface area contributed by atoms with E-state index in [0.717, 1.165) is 48.6 Å². The van der Waals surface area contributed by atoms with Crippen molar-refractivity contribution in [1.82, 2.24) is 10.2 Å². The van der Waals surface area contributed by atoms with Crippen LogP contribution in [0.4, 0.5) is 4.39 Å². The number of nitrogens with zero attached hydrogens (tertiary/aromatic N) is 1. The van der Waals surface area contributed by atoms with Crippen molar-refractivity contribution >= 4 is 5.97 Å². The Balaban J connectivity index is 1.00. The van der Waals surface area contributed by atoms with Crippen LogP contribution in [0, 0.1) is 24.6 Å². The summed E-state index contributed by atoms with van der Waals surface area (Å²) in [6.07, 6.45) is -0.685. The van der Waals surface area contributed by atoms with E-state index in [2.05, 4.69) is 10.2 Å². The summed E-state index contributed by atoms with van der Waals surface area (Å²) in [5.74, 6) is 1.51. The van der Waals surface area contributed by atoms with Crippen molar-refractivity contribution in [2.75, 3.05) is 26.2 Å². The first kappa shape index (κ1) is 25.2. The SMILES string of the molecule is Cc1cccc(O[C@@H](Cc2ccc(OCCN[C@H]3[C@@H]4CN(Cc5ccc(F)cc5)C[C@@H]43)cc2)C(=O)O)c1. The molecule has 1 saturated carbocycles. The van der Waals surface area contributed by atoms with Crippen molar-refractivity contribution < 1.29 is 23.8 Å². The maximum absolute atomic E-state index is 13.1. The lowest BCUT2D eigenvalue weighted by Crippen LogP contribution is -2.33. The molecule has 0 unspecified atom stereocenters.